The van der Waals surface area contributed by atoms with Gasteiger partial charge in [0.25, 0.3) is 0 Å². The molecule has 29 heavy (non-hydrogen) atoms. The highest BCUT2D eigenvalue weighted by atomic mass is 32.2. The van der Waals surface area contributed by atoms with E-state index >= 15 is 0 Å². The van der Waals surface area contributed by atoms with Gasteiger partial charge in [-0.05, 0) is 44.5 Å². The van der Waals surface area contributed by atoms with Crippen LogP contribution in [0.25, 0.3) is 11.0 Å². The number of amides is 1. The monoisotopic (exact) mass is 411 g/mol. The largest absolute Gasteiger partial charge is 0.462 e. The molecule has 0 bridgehead atoms. The van der Waals surface area contributed by atoms with Gasteiger partial charge in [0.1, 0.15) is 0 Å². The zero-order valence-electron chi connectivity index (χ0n) is 16.8. The maximum Gasteiger partial charge on any atom is 0.338 e. The van der Waals surface area contributed by atoms with E-state index in [1.165, 1.54) is 11.8 Å². The highest BCUT2D eigenvalue weighted by Crippen LogP contribution is 2.28. The Morgan fingerprint density at radius 3 is 2.62 bits per heavy atom. The predicted octanol–water partition coefficient (Wildman–Crippen LogP) is 4.03. The number of rotatable bonds is 8. The summed E-state index contributed by atoms with van der Waals surface area (Å²) < 4.78 is 7.12. The van der Waals surface area contributed by atoms with Gasteiger partial charge in [0.2, 0.25) is 5.91 Å². The van der Waals surface area contributed by atoms with Crippen molar-refractivity contribution < 1.29 is 14.3 Å². The molecule has 0 spiro atoms. The zero-order chi connectivity index (χ0) is 20.8. The summed E-state index contributed by atoms with van der Waals surface area (Å²) in [6.45, 7) is 7.23. The predicted molar refractivity (Wildman–Crippen MR) is 115 cm³/mol. The molecule has 1 aromatic heterocycles. The van der Waals surface area contributed by atoms with E-state index in [1.54, 1.807) is 19.1 Å². The van der Waals surface area contributed by atoms with Gasteiger partial charge in [-0.3, -0.25) is 4.79 Å². The average Bonchev–Trinajstić information content (AvgIpc) is 3.08. The molecule has 1 unspecified atom stereocenters. The third-order valence-corrected chi connectivity index (χ3v) is 5.59. The molecule has 0 aliphatic heterocycles. The first-order valence-corrected chi connectivity index (χ1v) is 10.6. The molecule has 0 radical (unpaired) electrons. The molecule has 3 aromatic rings. The van der Waals surface area contributed by atoms with Gasteiger partial charge in [-0.2, -0.15) is 0 Å². The Morgan fingerprint density at radius 1 is 1.17 bits per heavy atom. The minimum Gasteiger partial charge on any atom is -0.462 e. The Bertz CT molecular complexity index is 1000. The number of carbonyl (C=O) groups excluding carboxylic acids is 2. The lowest BCUT2D eigenvalue weighted by Crippen LogP contribution is -2.30. The molecule has 152 valence electrons. The van der Waals surface area contributed by atoms with Gasteiger partial charge in [0.05, 0.1) is 28.5 Å². The minimum atomic E-state index is -0.358. The lowest BCUT2D eigenvalue weighted by molar-refractivity contribution is -0.120. The number of benzene rings is 2. The van der Waals surface area contributed by atoms with Crippen LogP contribution < -0.4 is 5.32 Å². The van der Waals surface area contributed by atoms with Crippen LogP contribution in [0.1, 0.15) is 36.7 Å². The van der Waals surface area contributed by atoms with E-state index < -0.39 is 0 Å². The van der Waals surface area contributed by atoms with Crippen molar-refractivity contribution in [2.75, 3.05) is 6.61 Å². The number of hydrogen-bond acceptors (Lipinski definition) is 5. The van der Waals surface area contributed by atoms with Crippen molar-refractivity contribution in [3.05, 3.63) is 59.7 Å². The number of nitrogens with zero attached hydrogens (tertiary/aromatic N) is 2. The number of aryl methyl sites for hydroxylation is 1. The van der Waals surface area contributed by atoms with Crippen LogP contribution in [0.15, 0.2) is 53.7 Å². The van der Waals surface area contributed by atoms with Gasteiger partial charge in [-0.1, -0.05) is 42.1 Å². The van der Waals surface area contributed by atoms with E-state index in [1.807, 2.05) is 50.2 Å². The molecule has 1 amide bonds. The van der Waals surface area contributed by atoms with E-state index in [0.29, 0.717) is 18.7 Å². The van der Waals surface area contributed by atoms with E-state index in [9.17, 15) is 9.59 Å². The summed E-state index contributed by atoms with van der Waals surface area (Å²) in [4.78, 5) is 29.2. The maximum absolute atomic E-state index is 12.5. The van der Waals surface area contributed by atoms with Gasteiger partial charge in [0.15, 0.2) is 5.16 Å². The summed E-state index contributed by atoms with van der Waals surface area (Å²) in [6.07, 6.45) is 0. The molecular weight excluding hydrogens is 386 g/mol. The smallest absolute Gasteiger partial charge is 0.338 e. The Balaban J connectivity index is 1.74. The van der Waals surface area contributed by atoms with Crippen LogP contribution >= 0.6 is 11.8 Å². The molecule has 2 aromatic carbocycles. The second-order valence-electron chi connectivity index (χ2n) is 6.53. The second-order valence-corrected chi connectivity index (χ2v) is 7.83. The van der Waals surface area contributed by atoms with Crippen molar-refractivity contribution >= 4 is 34.7 Å². The summed E-state index contributed by atoms with van der Waals surface area (Å²) in [6, 6.07) is 15.2. The van der Waals surface area contributed by atoms with Gasteiger partial charge in [-0.15, -0.1) is 0 Å². The van der Waals surface area contributed by atoms with Gasteiger partial charge in [-0.25, -0.2) is 9.78 Å². The third-order valence-electron chi connectivity index (χ3n) is 4.50. The quantitative estimate of drug-likeness (QED) is 0.447. The second kappa shape index (κ2) is 9.60. The van der Waals surface area contributed by atoms with E-state index in [0.717, 1.165) is 28.3 Å². The lowest BCUT2D eigenvalue weighted by Gasteiger charge is -2.12. The average molecular weight is 412 g/mol. The molecule has 3 rings (SSSR count). The summed E-state index contributed by atoms with van der Waals surface area (Å²) in [5.41, 5.74) is 3.19. The van der Waals surface area contributed by atoms with Crippen LogP contribution in [-0.2, 0) is 22.6 Å². The van der Waals surface area contributed by atoms with Crippen molar-refractivity contribution in [3.63, 3.8) is 0 Å². The zero-order valence-corrected chi connectivity index (χ0v) is 17.7. The molecule has 0 saturated carbocycles. The van der Waals surface area contributed by atoms with E-state index in [2.05, 4.69) is 14.9 Å². The van der Waals surface area contributed by atoms with E-state index in [-0.39, 0.29) is 17.1 Å². The summed E-state index contributed by atoms with van der Waals surface area (Å²) in [5, 5.41) is 3.43. The Morgan fingerprint density at radius 2 is 1.93 bits per heavy atom. The number of imidazole rings is 1. The standard InChI is InChI=1S/C22H25N3O3S/c1-4-25-19-12-11-17(21(27)28-5-2)13-18(19)24-22(25)29-15(3)20(26)23-14-16-9-7-6-8-10-16/h6-13,15H,4-5,14H2,1-3H3,(H,23,26). The fourth-order valence-corrected chi connectivity index (χ4v) is 4.00. The first kappa shape index (κ1) is 20.9. The highest BCUT2D eigenvalue weighted by Gasteiger charge is 2.20. The first-order valence-electron chi connectivity index (χ1n) is 9.69. The molecule has 6 nitrogen and oxygen atoms in total. The van der Waals surface area contributed by atoms with Crippen LogP contribution in [0, 0.1) is 0 Å². The fraction of sp³-hybridized carbons (Fsp3) is 0.318. The molecule has 0 aliphatic carbocycles. The normalized spacial score (nSPS) is 12.0. The van der Waals surface area contributed by atoms with Crippen LogP contribution in [0.3, 0.4) is 0 Å². The number of carbonyl (C=O) groups is 2. The van der Waals surface area contributed by atoms with E-state index in [4.69, 9.17) is 4.74 Å². The third kappa shape index (κ3) is 4.98. The summed E-state index contributed by atoms with van der Waals surface area (Å²) >= 11 is 1.41. The Hall–Kier alpha value is -2.80. The number of esters is 1. The van der Waals surface area contributed by atoms with Crippen molar-refractivity contribution in [3.8, 4) is 0 Å². The fourth-order valence-electron chi connectivity index (χ4n) is 2.99. The molecule has 1 heterocycles. The van der Waals surface area contributed by atoms with Crippen LogP contribution in [-0.4, -0.2) is 33.3 Å². The number of hydrogen-bond donors (Lipinski definition) is 1. The molecule has 0 fully saturated rings. The molecule has 7 heteroatoms. The van der Waals surface area contributed by atoms with Crippen molar-refractivity contribution in [1.29, 1.82) is 0 Å². The van der Waals surface area contributed by atoms with Crippen molar-refractivity contribution in [1.82, 2.24) is 14.9 Å². The lowest BCUT2D eigenvalue weighted by atomic mass is 10.2. The van der Waals surface area contributed by atoms with Gasteiger partial charge < -0.3 is 14.6 Å². The number of aromatic nitrogens is 2. The highest BCUT2D eigenvalue weighted by molar-refractivity contribution is 8.00. The minimum absolute atomic E-state index is 0.0409. The Kier molecular flexibility index (Phi) is 6.93. The van der Waals surface area contributed by atoms with Crippen LogP contribution in [0.5, 0.6) is 0 Å². The molecule has 1 atom stereocenters. The molecule has 0 aliphatic rings. The van der Waals surface area contributed by atoms with Gasteiger partial charge >= 0.3 is 5.97 Å². The molecule has 0 saturated heterocycles. The van der Waals surface area contributed by atoms with Crippen LogP contribution in [0.2, 0.25) is 0 Å². The molecule has 1 N–H and O–H groups in total. The topological polar surface area (TPSA) is 73.2 Å². The number of ether oxygens (including phenoxy) is 1. The summed E-state index contributed by atoms with van der Waals surface area (Å²) in [5.74, 6) is -0.399. The Labute approximate surface area is 174 Å². The van der Waals surface area contributed by atoms with Crippen molar-refractivity contribution in [2.45, 2.75) is 44.3 Å². The molecular formula is C22H25N3O3S. The number of nitrogens with one attached hydrogen (secondary N) is 1. The summed E-state index contributed by atoms with van der Waals surface area (Å²) in [7, 11) is 0. The SMILES string of the molecule is CCOC(=O)c1ccc2c(c1)nc(SC(C)C(=O)NCc1ccccc1)n2CC. The number of fused-ring (bicyclic) bond motifs is 1. The first-order chi connectivity index (χ1) is 14.0. The van der Waals surface area contributed by atoms with Crippen molar-refractivity contribution in [2.24, 2.45) is 0 Å². The maximum atomic E-state index is 12.5. The van der Waals surface area contributed by atoms with Gasteiger partial charge in [0, 0.05) is 13.1 Å². The van der Waals surface area contributed by atoms with Crippen LogP contribution in [0.4, 0.5) is 0 Å². The number of thioether (sulfide) groups is 1.